The average molecular weight is 294 g/mol. The lowest BCUT2D eigenvalue weighted by molar-refractivity contribution is -0.385. The van der Waals surface area contributed by atoms with Crippen LogP contribution in [-0.2, 0) is 9.53 Å². The van der Waals surface area contributed by atoms with Gasteiger partial charge in [-0.3, -0.25) is 14.9 Å². The Morgan fingerprint density at radius 1 is 1.38 bits per heavy atom. The molecule has 1 rings (SSSR count). The van der Waals surface area contributed by atoms with Crippen molar-refractivity contribution in [3.8, 4) is 0 Å². The molecule has 0 aromatic heterocycles. The number of hydrogen-bond acceptors (Lipinski definition) is 5. The van der Waals surface area contributed by atoms with Crippen molar-refractivity contribution in [2.24, 2.45) is 0 Å². The number of carbonyl (C=O) groups is 2. The maximum Gasteiger partial charge on any atom is 0.345 e. The molecule has 0 unspecified atom stereocenters. The number of nitro groups is 1. The Bertz CT molecular complexity index is 530. The van der Waals surface area contributed by atoms with Crippen molar-refractivity contribution < 1.29 is 19.2 Å². The third-order valence-corrected chi connectivity index (χ3v) is 2.78. The lowest BCUT2D eigenvalue weighted by Gasteiger charge is -2.12. The molecule has 0 fully saturated rings. The number of rotatable bonds is 7. The van der Waals surface area contributed by atoms with Gasteiger partial charge < -0.3 is 10.1 Å². The second-order valence-electron chi connectivity index (χ2n) is 4.61. The summed E-state index contributed by atoms with van der Waals surface area (Å²) in [6.07, 6.45) is 1.75. The number of benzene rings is 1. The number of nitrogens with one attached hydrogen (secondary N) is 1. The molecule has 1 aromatic carbocycles. The number of hydrogen-bond donors (Lipinski definition) is 1. The Hall–Kier alpha value is -2.44. The minimum Gasteiger partial charge on any atom is -0.452 e. The summed E-state index contributed by atoms with van der Waals surface area (Å²) in [5.74, 6) is -1.32. The molecule has 0 aliphatic rings. The minimum absolute atomic E-state index is 0.00716. The lowest BCUT2D eigenvalue weighted by Crippen LogP contribution is -2.35. The van der Waals surface area contributed by atoms with Gasteiger partial charge in [-0.05, 0) is 19.4 Å². The van der Waals surface area contributed by atoms with Crippen molar-refractivity contribution in [3.05, 3.63) is 39.9 Å². The Morgan fingerprint density at radius 3 is 2.67 bits per heavy atom. The molecule has 0 saturated heterocycles. The Balaban J connectivity index is 2.58. The van der Waals surface area contributed by atoms with Crippen LogP contribution in [-0.4, -0.2) is 29.4 Å². The zero-order valence-corrected chi connectivity index (χ0v) is 12.0. The van der Waals surface area contributed by atoms with E-state index in [2.05, 4.69) is 5.32 Å². The fraction of sp³-hybridized carbons (Fsp3) is 0.429. The van der Waals surface area contributed by atoms with E-state index in [1.54, 1.807) is 0 Å². The van der Waals surface area contributed by atoms with E-state index in [0.717, 1.165) is 12.8 Å². The lowest BCUT2D eigenvalue weighted by atomic mass is 10.2. The summed E-state index contributed by atoms with van der Waals surface area (Å²) < 4.78 is 4.80. The van der Waals surface area contributed by atoms with Gasteiger partial charge in [0, 0.05) is 12.1 Å². The molecular weight excluding hydrogens is 276 g/mol. The van der Waals surface area contributed by atoms with Crippen LogP contribution in [0.25, 0.3) is 0 Å². The van der Waals surface area contributed by atoms with E-state index < -0.39 is 23.4 Å². The number of amides is 1. The largest absolute Gasteiger partial charge is 0.452 e. The molecule has 7 heteroatoms. The van der Waals surface area contributed by atoms with E-state index in [1.807, 2.05) is 13.8 Å². The van der Waals surface area contributed by atoms with Crippen LogP contribution < -0.4 is 5.32 Å². The van der Waals surface area contributed by atoms with Gasteiger partial charge in [0.1, 0.15) is 5.56 Å². The van der Waals surface area contributed by atoms with Gasteiger partial charge in [-0.15, -0.1) is 0 Å². The zero-order chi connectivity index (χ0) is 15.8. The van der Waals surface area contributed by atoms with Crippen LogP contribution in [0.1, 0.15) is 37.0 Å². The van der Waals surface area contributed by atoms with Crippen LogP contribution in [0.2, 0.25) is 0 Å². The number of para-hydroxylation sites is 1. The first kappa shape index (κ1) is 16.6. The van der Waals surface area contributed by atoms with Crippen molar-refractivity contribution in [2.75, 3.05) is 6.61 Å². The predicted molar refractivity (Wildman–Crippen MR) is 75.9 cm³/mol. The van der Waals surface area contributed by atoms with Crippen LogP contribution in [0, 0.1) is 10.1 Å². The smallest absolute Gasteiger partial charge is 0.345 e. The molecule has 0 aliphatic carbocycles. The van der Waals surface area contributed by atoms with Crippen molar-refractivity contribution in [1.82, 2.24) is 5.32 Å². The van der Waals surface area contributed by atoms with E-state index in [-0.39, 0.29) is 17.3 Å². The summed E-state index contributed by atoms with van der Waals surface area (Å²) in [6.45, 7) is 3.39. The van der Waals surface area contributed by atoms with E-state index in [1.165, 1.54) is 24.3 Å². The van der Waals surface area contributed by atoms with Crippen molar-refractivity contribution >= 4 is 17.6 Å². The van der Waals surface area contributed by atoms with Gasteiger partial charge in [0.05, 0.1) is 4.92 Å². The van der Waals surface area contributed by atoms with Crippen LogP contribution in [0.4, 0.5) is 5.69 Å². The Kier molecular flexibility index (Phi) is 6.32. The fourth-order valence-electron chi connectivity index (χ4n) is 1.84. The molecule has 21 heavy (non-hydrogen) atoms. The molecule has 0 heterocycles. The standard InChI is InChI=1S/C14H18N2O5/c1-3-6-10(2)15-13(17)9-21-14(18)11-7-4-5-8-12(11)16(19)20/h4-5,7-8,10H,3,6,9H2,1-2H3,(H,15,17)/t10-/m1/s1. The van der Waals surface area contributed by atoms with Gasteiger partial charge in [-0.1, -0.05) is 25.5 Å². The third-order valence-electron chi connectivity index (χ3n) is 2.78. The first-order valence-corrected chi connectivity index (χ1v) is 6.65. The Morgan fingerprint density at radius 2 is 2.05 bits per heavy atom. The monoisotopic (exact) mass is 294 g/mol. The Labute approximate surface area is 122 Å². The number of nitro benzene ring substituents is 1. The molecule has 0 spiro atoms. The van der Waals surface area contributed by atoms with Gasteiger partial charge in [0.15, 0.2) is 6.61 Å². The topological polar surface area (TPSA) is 98.5 Å². The number of nitrogens with zero attached hydrogens (tertiary/aromatic N) is 1. The van der Waals surface area contributed by atoms with Gasteiger partial charge in [-0.2, -0.15) is 0 Å². The predicted octanol–water partition coefficient (Wildman–Crippen LogP) is 2.06. The summed E-state index contributed by atoms with van der Waals surface area (Å²) in [6, 6.07) is 5.44. The summed E-state index contributed by atoms with van der Waals surface area (Å²) in [4.78, 5) is 33.5. The zero-order valence-electron chi connectivity index (χ0n) is 12.0. The van der Waals surface area contributed by atoms with E-state index in [9.17, 15) is 19.7 Å². The van der Waals surface area contributed by atoms with Crippen molar-refractivity contribution in [3.63, 3.8) is 0 Å². The SMILES string of the molecule is CCC[C@@H](C)NC(=O)COC(=O)c1ccccc1[N+](=O)[O-]. The van der Waals surface area contributed by atoms with Gasteiger partial charge in [0.2, 0.25) is 0 Å². The molecule has 1 atom stereocenters. The molecule has 1 aromatic rings. The number of ether oxygens (including phenoxy) is 1. The highest BCUT2D eigenvalue weighted by atomic mass is 16.6. The van der Waals surface area contributed by atoms with Gasteiger partial charge >= 0.3 is 5.97 Å². The van der Waals surface area contributed by atoms with Crippen LogP contribution in [0.5, 0.6) is 0 Å². The first-order valence-electron chi connectivity index (χ1n) is 6.65. The maximum absolute atomic E-state index is 11.8. The maximum atomic E-state index is 11.8. The second kappa shape index (κ2) is 7.98. The van der Waals surface area contributed by atoms with Crippen LogP contribution >= 0.6 is 0 Å². The normalized spacial score (nSPS) is 11.5. The second-order valence-corrected chi connectivity index (χ2v) is 4.61. The van der Waals surface area contributed by atoms with E-state index >= 15 is 0 Å². The minimum atomic E-state index is -0.888. The summed E-state index contributed by atoms with van der Waals surface area (Å²) in [5.41, 5.74) is -0.515. The molecule has 1 amide bonds. The number of esters is 1. The quantitative estimate of drug-likeness (QED) is 0.471. The summed E-state index contributed by atoms with van der Waals surface area (Å²) >= 11 is 0. The number of carbonyl (C=O) groups excluding carboxylic acids is 2. The molecule has 114 valence electrons. The summed E-state index contributed by atoms with van der Waals surface area (Å²) in [7, 11) is 0. The fourth-order valence-corrected chi connectivity index (χ4v) is 1.84. The van der Waals surface area contributed by atoms with Gasteiger partial charge in [-0.25, -0.2) is 4.79 Å². The van der Waals surface area contributed by atoms with Crippen LogP contribution in [0.15, 0.2) is 24.3 Å². The van der Waals surface area contributed by atoms with Crippen molar-refractivity contribution in [1.29, 1.82) is 0 Å². The van der Waals surface area contributed by atoms with E-state index in [0.29, 0.717) is 0 Å². The molecule has 0 bridgehead atoms. The molecule has 1 N–H and O–H groups in total. The van der Waals surface area contributed by atoms with Gasteiger partial charge in [0.25, 0.3) is 11.6 Å². The first-order chi connectivity index (χ1) is 9.95. The third kappa shape index (κ3) is 5.21. The molecular formula is C14H18N2O5. The highest BCUT2D eigenvalue weighted by Crippen LogP contribution is 2.18. The van der Waals surface area contributed by atoms with Crippen LogP contribution in [0.3, 0.4) is 0 Å². The molecule has 0 aliphatic heterocycles. The highest BCUT2D eigenvalue weighted by molar-refractivity contribution is 5.95. The molecule has 0 saturated carbocycles. The average Bonchev–Trinajstić information content (AvgIpc) is 2.44. The van der Waals surface area contributed by atoms with Crippen molar-refractivity contribution in [2.45, 2.75) is 32.7 Å². The highest BCUT2D eigenvalue weighted by Gasteiger charge is 2.21. The molecule has 0 radical (unpaired) electrons. The van der Waals surface area contributed by atoms with E-state index in [4.69, 9.17) is 4.74 Å². The summed E-state index contributed by atoms with van der Waals surface area (Å²) in [5, 5.41) is 13.5. The molecule has 7 nitrogen and oxygen atoms in total.